The molecule has 5 nitrogen and oxygen atoms in total. The number of nitrogens with one attached hydrogen (secondary N) is 1. The molecule has 2 heterocycles. The van der Waals surface area contributed by atoms with Gasteiger partial charge in [-0.15, -0.1) is 0 Å². The summed E-state index contributed by atoms with van der Waals surface area (Å²) in [5.74, 6) is 1.33. The van der Waals surface area contributed by atoms with Gasteiger partial charge >= 0.3 is 0 Å². The molecule has 0 atom stereocenters. The van der Waals surface area contributed by atoms with Gasteiger partial charge in [-0.2, -0.15) is 0 Å². The Labute approximate surface area is 143 Å². The van der Waals surface area contributed by atoms with Gasteiger partial charge in [0.1, 0.15) is 17.8 Å². The van der Waals surface area contributed by atoms with E-state index >= 15 is 0 Å². The highest BCUT2D eigenvalue weighted by Gasteiger charge is 2.22. The summed E-state index contributed by atoms with van der Waals surface area (Å²) in [5, 5.41) is 3.24. The minimum Gasteiger partial charge on any atom is -0.340 e. The topological polar surface area (TPSA) is 58.1 Å². The number of benzene rings is 1. The van der Waals surface area contributed by atoms with Crippen LogP contribution in [0, 0.1) is 5.92 Å². The van der Waals surface area contributed by atoms with E-state index in [0.29, 0.717) is 17.4 Å². The van der Waals surface area contributed by atoms with Crippen molar-refractivity contribution in [1.29, 1.82) is 0 Å². The summed E-state index contributed by atoms with van der Waals surface area (Å²) in [7, 11) is 0. The maximum absolute atomic E-state index is 12.6. The zero-order valence-electron chi connectivity index (χ0n) is 14.3. The average molecular weight is 324 g/mol. The van der Waals surface area contributed by atoms with E-state index in [1.54, 1.807) is 6.07 Å². The van der Waals surface area contributed by atoms with Crippen LogP contribution in [0.3, 0.4) is 0 Å². The van der Waals surface area contributed by atoms with Gasteiger partial charge in [0.05, 0.1) is 0 Å². The molecule has 1 amide bonds. The van der Waals surface area contributed by atoms with Crippen LogP contribution < -0.4 is 5.32 Å². The first-order chi connectivity index (χ1) is 11.7. The fourth-order valence-electron chi connectivity index (χ4n) is 2.89. The molecule has 0 spiro atoms. The van der Waals surface area contributed by atoms with Crippen molar-refractivity contribution in [2.45, 2.75) is 33.1 Å². The molecule has 1 aliphatic rings. The number of carbonyl (C=O) groups excluding carboxylic acids is 1. The van der Waals surface area contributed by atoms with Crippen LogP contribution in [0.5, 0.6) is 0 Å². The lowest BCUT2D eigenvalue weighted by Gasteiger charge is -2.30. The van der Waals surface area contributed by atoms with E-state index in [0.717, 1.165) is 38.0 Å². The van der Waals surface area contributed by atoms with Crippen LogP contribution in [-0.2, 0) is 6.42 Å². The lowest BCUT2D eigenvalue weighted by atomic mass is 9.99. The van der Waals surface area contributed by atoms with E-state index in [4.69, 9.17) is 0 Å². The first-order valence-corrected chi connectivity index (χ1v) is 8.63. The molecule has 24 heavy (non-hydrogen) atoms. The van der Waals surface area contributed by atoms with Gasteiger partial charge in [-0.1, -0.05) is 26.0 Å². The van der Waals surface area contributed by atoms with Crippen molar-refractivity contribution in [3.63, 3.8) is 0 Å². The predicted molar refractivity (Wildman–Crippen MR) is 95.4 cm³/mol. The maximum atomic E-state index is 12.6. The van der Waals surface area contributed by atoms with Crippen LogP contribution in [0.1, 0.15) is 42.7 Å². The predicted octanol–water partition coefficient (Wildman–Crippen LogP) is 3.65. The van der Waals surface area contributed by atoms with Crippen LogP contribution >= 0.6 is 0 Å². The number of carbonyl (C=O) groups is 1. The molecular formula is C19H24N4O. The van der Waals surface area contributed by atoms with Gasteiger partial charge in [-0.25, -0.2) is 9.97 Å². The van der Waals surface area contributed by atoms with Gasteiger partial charge in [0.2, 0.25) is 0 Å². The number of aromatic nitrogens is 2. The molecule has 1 aliphatic heterocycles. The van der Waals surface area contributed by atoms with Gasteiger partial charge < -0.3 is 10.2 Å². The van der Waals surface area contributed by atoms with Crippen molar-refractivity contribution < 1.29 is 4.79 Å². The third-order valence-corrected chi connectivity index (χ3v) is 4.59. The molecule has 0 aliphatic carbocycles. The summed E-state index contributed by atoms with van der Waals surface area (Å²) in [4.78, 5) is 22.9. The van der Waals surface area contributed by atoms with Crippen molar-refractivity contribution in [2.24, 2.45) is 5.92 Å². The first-order valence-electron chi connectivity index (χ1n) is 8.63. The molecular weight excluding hydrogens is 300 g/mol. The van der Waals surface area contributed by atoms with Crippen molar-refractivity contribution in [1.82, 2.24) is 14.9 Å². The normalized spacial score (nSPS) is 15.3. The second-order valence-corrected chi connectivity index (χ2v) is 6.44. The third-order valence-electron chi connectivity index (χ3n) is 4.59. The molecule has 126 valence electrons. The first kappa shape index (κ1) is 16.4. The summed E-state index contributed by atoms with van der Waals surface area (Å²) < 4.78 is 0. The molecule has 1 fully saturated rings. The smallest absolute Gasteiger partial charge is 0.272 e. The third kappa shape index (κ3) is 3.91. The minimum absolute atomic E-state index is 0.00585. The van der Waals surface area contributed by atoms with Crippen molar-refractivity contribution in [3.05, 3.63) is 47.9 Å². The van der Waals surface area contributed by atoms with Crippen molar-refractivity contribution in [2.75, 3.05) is 18.4 Å². The lowest BCUT2D eigenvalue weighted by molar-refractivity contribution is 0.0691. The second-order valence-electron chi connectivity index (χ2n) is 6.44. The highest BCUT2D eigenvalue weighted by Crippen LogP contribution is 2.19. The zero-order chi connectivity index (χ0) is 16.9. The summed E-state index contributed by atoms with van der Waals surface area (Å²) in [6.45, 7) is 5.99. The number of hydrogen-bond donors (Lipinski definition) is 1. The zero-order valence-corrected chi connectivity index (χ0v) is 14.3. The summed E-state index contributed by atoms with van der Waals surface area (Å²) >= 11 is 0. The molecule has 0 unspecified atom stereocenters. The Morgan fingerprint density at radius 3 is 2.58 bits per heavy atom. The number of piperidine rings is 1. The highest BCUT2D eigenvalue weighted by molar-refractivity contribution is 5.93. The van der Waals surface area contributed by atoms with Gasteiger partial charge in [0, 0.05) is 24.8 Å². The van der Waals surface area contributed by atoms with Gasteiger partial charge in [0.25, 0.3) is 5.91 Å². The van der Waals surface area contributed by atoms with Crippen LogP contribution in [0.15, 0.2) is 36.7 Å². The number of hydrogen-bond acceptors (Lipinski definition) is 4. The highest BCUT2D eigenvalue weighted by atomic mass is 16.2. The molecule has 0 bridgehead atoms. The Balaban J connectivity index is 1.70. The molecule has 5 heteroatoms. The number of aryl methyl sites for hydroxylation is 1. The Morgan fingerprint density at radius 2 is 1.92 bits per heavy atom. The van der Waals surface area contributed by atoms with Crippen LogP contribution in [0.4, 0.5) is 11.5 Å². The minimum atomic E-state index is -0.00585. The largest absolute Gasteiger partial charge is 0.340 e. The molecule has 1 aromatic heterocycles. The van der Waals surface area contributed by atoms with E-state index in [1.165, 1.54) is 11.9 Å². The quantitative estimate of drug-likeness (QED) is 0.932. The molecule has 1 aromatic carbocycles. The Kier molecular flexibility index (Phi) is 5.08. The van der Waals surface area contributed by atoms with Gasteiger partial charge in [-0.05, 0) is 42.9 Å². The fourth-order valence-corrected chi connectivity index (χ4v) is 2.89. The van der Waals surface area contributed by atoms with E-state index < -0.39 is 0 Å². The molecule has 2 aromatic rings. The van der Waals surface area contributed by atoms with E-state index in [9.17, 15) is 4.79 Å². The van der Waals surface area contributed by atoms with Gasteiger partial charge in [0.15, 0.2) is 0 Å². The number of nitrogens with zero attached hydrogens (tertiary/aromatic N) is 3. The van der Waals surface area contributed by atoms with Crippen LogP contribution in [0.25, 0.3) is 0 Å². The van der Waals surface area contributed by atoms with Crippen LogP contribution in [0.2, 0.25) is 0 Å². The molecule has 1 saturated heterocycles. The summed E-state index contributed by atoms with van der Waals surface area (Å²) in [5.41, 5.74) is 2.70. The molecule has 0 radical (unpaired) electrons. The molecule has 3 rings (SSSR count). The SMILES string of the molecule is CCc1ccc(Nc2cc(C(=O)N3CCC(C)CC3)ncn2)cc1. The lowest BCUT2D eigenvalue weighted by Crippen LogP contribution is -2.38. The van der Waals surface area contributed by atoms with E-state index in [1.807, 2.05) is 17.0 Å². The fraction of sp³-hybridized carbons (Fsp3) is 0.421. The number of rotatable bonds is 4. The summed E-state index contributed by atoms with van der Waals surface area (Å²) in [6.07, 6.45) is 4.58. The maximum Gasteiger partial charge on any atom is 0.272 e. The van der Waals surface area contributed by atoms with Crippen molar-refractivity contribution in [3.8, 4) is 0 Å². The Hall–Kier alpha value is -2.43. The Morgan fingerprint density at radius 1 is 1.21 bits per heavy atom. The number of anilines is 2. The standard InChI is InChI=1S/C19H24N4O/c1-3-15-4-6-16(7-5-15)22-18-12-17(20-13-21-18)19(24)23-10-8-14(2)9-11-23/h4-7,12-14H,3,8-11H2,1-2H3,(H,20,21,22). The number of amides is 1. The second kappa shape index (κ2) is 7.43. The molecule has 1 N–H and O–H groups in total. The monoisotopic (exact) mass is 324 g/mol. The summed E-state index contributed by atoms with van der Waals surface area (Å²) in [6, 6.07) is 9.95. The average Bonchev–Trinajstić information content (AvgIpc) is 2.63. The number of likely N-dealkylation sites (tertiary alicyclic amines) is 1. The van der Waals surface area contributed by atoms with Crippen molar-refractivity contribution >= 4 is 17.4 Å². The molecule has 0 saturated carbocycles. The van der Waals surface area contributed by atoms with Gasteiger partial charge in [-0.3, -0.25) is 4.79 Å². The Bertz CT molecular complexity index is 691. The van der Waals surface area contributed by atoms with E-state index in [-0.39, 0.29) is 5.91 Å². The van der Waals surface area contributed by atoms with Crippen LogP contribution in [-0.4, -0.2) is 33.9 Å². The van der Waals surface area contributed by atoms with E-state index in [2.05, 4.69) is 41.3 Å².